The van der Waals surface area contributed by atoms with Gasteiger partial charge in [0.05, 0.1) is 24.1 Å². The number of piperidine rings is 1. The van der Waals surface area contributed by atoms with Crippen LogP contribution in [0.2, 0.25) is 0 Å². The molecular weight excluding hydrogens is 512 g/mol. The van der Waals surface area contributed by atoms with Crippen molar-refractivity contribution in [2.24, 2.45) is 0 Å². The molecule has 4 heterocycles. The summed E-state index contributed by atoms with van der Waals surface area (Å²) < 4.78 is 16.4. The molecule has 0 saturated carbocycles. The zero-order valence-corrected chi connectivity index (χ0v) is 23.7. The van der Waals surface area contributed by atoms with Crippen LogP contribution in [0.1, 0.15) is 42.7 Å². The summed E-state index contributed by atoms with van der Waals surface area (Å²) in [7, 11) is 3.23. The monoisotopic (exact) mass is 550 g/mol. The number of anilines is 1. The minimum Gasteiger partial charge on any atom is -0.491 e. The zero-order valence-electron chi connectivity index (χ0n) is 23.7. The number of aliphatic hydroxyl groups excluding tert-OH is 1. The zero-order chi connectivity index (χ0) is 28.4. The van der Waals surface area contributed by atoms with Gasteiger partial charge in [0.25, 0.3) is 0 Å². The Balaban J connectivity index is 1.47. The number of aryl methyl sites for hydroxylation is 2. The van der Waals surface area contributed by atoms with Crippen LogP contribution in [0.15, 0.2) is 28.8 Å². The predicted octanol–water partition coefficient (Wildman–Crippen LogP) is 3.86. The highest BCUT2D eigenvalue weighted by Crippen LogP contribution is 2.39. The molecule has 1 amide bonds. The molecule has 1 aromatic carbocycles. The van der Waals surface area contributed by atoms with Gasteiger partial charge in [0.15, 0.2) is 5.82 Å². The van der Waals surface area contributed by atoms with Gasteiger partial charge in [0.1, 0.15) is 30.0 Å². The van der Waals surface area contributed by atoms with Gasteiger partial charge >= 0.3 is 6.09 Å². The maximum Gasteiger partial charge on any atom is 0.409 e. The summed E-state index contributed by atoms with van der Waals surface area (Å²) in [6.45, 7) is 6.41. The van der Waals surface area contributed by atoms with Gasteiger partial charge in [-0.05, 0) is 65.6 Å². The lowest BCUT2D eigenvalue weighted by atomic mass is 9.97. The number of aromatic nitrogens is 3. The quantitative estimate of drug-likeness (QED) is 0.360. The number of carbonyl (C=O) groups is 1. The van der Waals surface area contributed by atoms with Gasteiger partial charge in [-0.2, -0.15) is 0 Å². The molecule has 5 rings (SSSR count). The molecule has 0 spiro atoms. The smallest absolute Gasteiger partial charge is 0.409 e. The molecule has 0 radical (unpaired) electrons. The van der Waals surface area contributed by atoms with Crippen LogP contribution >= 0.6 is 0 Å². The first-order valence-electron chi connectivity index (χ1n) is 13.8. The lowest BCUT2D eigenvalue weighted by molar-refractivity contribution is 0.0832. The van der Waals surface area contributed by atoms with E-state index in [1.807, 2.05) is 49.9 Å². The Labute approximate surface area is 234 Å². The van der Waals surface area contributed by atoms with Gasteiger partial charge in [-0.15, -0.1) is 0 Å². The van der Waals surface area contributed by atoms with E-state index >= 15 is 0 Å². The van der Waals surface area contributed by atoms with E-state index in [1.54, 1.807) is 7.05 Å². The van der Waals surface area contributed by atoms with E-state index in [-0.39, 0.29) is 30.8 Å². The Morgan fingerprint density at radius 1 is 1.20 bits per heavy atom. The number of likely N-dealkylation sites (N-methyl/N-ethyl adjacent to an activating group) is 1. The van der Waals surface area contributed by atoms with Crippen LogP contribution in [-0.4, -0.2) is 82.8 Å². The van der Waals surface area contributed by atoms with E-state index in [4.69, 9.17) is 24.0 Å². The van der Waals surface area contributed by atoms with Crippen LogP contribution in [0.25, 0.3) is 22.6 Å². The molecule has 2 aliphatic rings. The van der Waals surface area contributed by atoms with Crippen LogP contribution < -0.4 is 15.4 Å². The minimum atomic E-state index is -0.618. The van der Waals surface area contributed by atoms with Crippen molar-refractivity contribution in [1.29, 1.82) is 0 Å². The first kappa shape index (κ1) is 27.9. The lowest BCUT2D eigenvalue weighted by Gasteiger charge is -2.38. The third-order valence-electron chi connectivity index (χ3n) is 7.85. The highest BCUT2D eigenvalue weighted by Gasteiger charge is 2.44. The molecule has 40 heavy (non-hydrogen) atoms. The van der Waals surface area contributed by atoms with Gasteiger partial charge in [0.2, 0.25) is 0 Å². The summed E-state index contributed by atoms with van der Waals surface area (Å²) in [6.07, 6.45) is 2.74. The molecule has 2 fully saturated rings. The van der Waals surface area contributed by atoms with Crippen molar-refractivity contribution in [1.82, 2.24) is 25.3 Å². The summed E-state index contributed by atoms with van der Waals surface area (Å²) in [4.78, 5) is 24.2. The van der Waals surface area contributed by atoms with Crippen LogP contribution in [0, 0.1) is 20.8 Å². The number of ether oxygens (including phenoxy) is 2. The summed E-state index contributed by atoms with van der Waals surface area (Å²) in [6, 6.07) is 8.02. The number of carbonyl (C=O) groups excluding carboxylic acids is 1. The standard InChI is InChI=1S/C29H38N6O5/c1-16-26(25-17(2)34-40-18(25)3)32-28(19-7-6-8-24(11-19)39-15-23(36)14-30-4)33-27(16)31-20-12-21-9-10-22(13-20)35(21)29(37)38-5/h6-8,11,20-23,30,36H,9-10,12-15H2,1-5H3,(H,31,32,33)/t20-,21+,22-,23?. The Morgan fingerprint density at radius 3 is 2.60 bits per heavy atom. The molecule has 4 atom stereocenters. The maximum atomic E-state index is 12.4. The van der Waals surface area contributed by atoms with Gasteiger partial charge in [-0.1, -0.05) is 17.3 Å². The topological polar surface area (TPSA) is 135 Å². The van der Waals surface area contributed by atoms with E-state index in [2.05, 4.69) is 15.8 Å². The van der Waals surface area contributed by atoms with Crippen LogP contribution in [0.4, 0.5) is 10.6 Å². The summed E-state index contributed by atoms with van der Waals surface area (Å²) in [5.74, 6) is 2.60. The first-order valence-corrected chi connectivity index (χ1v) is 13.8. The van der Waals surface area contributed by atoms with Crippen molar-refractivity contribution < 1.29 is 23.9 Å². The predicted molar refractivity (Wildman–Crippen MR) is 150 cm³/mol. The fourth-order valence-electron chi connectivity index (χ4n) is 5.95. The van der Waals surface area contributed by atoms with Crippen LogP contribution in [0.3, 0.4) is 0 Å². The second-order valence-electron chi connectivity index (χ2n) is 10.7. The number of aliphatic hydroxyl groups is 1. The van der Waals surface area contributed by atoms with Gasteiger partial charge < -0.3 is 34.6 Å². The fourth-order valence-corrected chi connectivity index (χ4v) is 5.95. The number of hydrogen-bond acceptors (Lipinski definition) is 10. The van der Waals surface area contributed by atoms with Crippen molar-refractivity contribution in [3.63, 3.8) is 0 Å². The third kappa shape index (κ3) is 5.62. The molecule has 0 aliphatic carbocycles. The van der Waals surface area contributed by atoms with Crippen LogP contribution in [-0.2, 0) is 4.74 Å². The average molecular weight is 551 g/mol. The summed E-state index contributed by atoms with van der Waals surface area (Å²) >= 11 is 0. The molecule has 3 aromatic rings. The second kappa shape index (κ2) is 11.8. The molecule has 11 nitrogen and oxygen atoms in total. The highest BCUT2D eigenvalue weighted by atomic mass is 16.5. The molecule has 214 valence electrons. The van der Waals surface area contributed by atoms with E-state index in [1.165, 1.54) is 7.11 Å². The SMILES string of the molecule is CNCC(O)COc1cccc(-c2nc(N[C@H]3C[C@H]4CC[C@@H](C3)N4C(=O)OC)c(C)c(-c3c(C)noc3C)n2)c1. The number of fused-ring (bicyclic) bond motifs is 2. The normalized spacial score (nSPS) is 20.9. The summed E-state index contributed by atoms with van der Waals surface area (Å²) in [5, 5.41) is 20.8. The third-order valence-corrected chi connectivity index (χ3v) is 7.85. The fraction of sp³-hybridized carbons (Fsp3) is 0.517. The highest BCUT2D eigenvalue weighted by molar-refractivity contribution is 5.75. The van der Waals surface area contributed by atoms with Crippen molar-refractivity contribution in [2.75, 3.05) is 32.6 Å². The number of methoxy groups -OCH3 is 1. The van der Waals surface area contributed by atoms with E-state index in [9.17, 15) is 9.90 Å². The van der Waals surface area contributed by atoms with Gasteiger partial charge in [-0.3, -0.25) is 0 Å². The van der Waals surface area contributed by atoms with Crippen molar-refractivity contribution >= 4 is 11.9 Å². The number of hydrogen-bond donors (Lipinski definition) is 3. The molecular formula is C29H38N6O5. The van der Waals surface area contributed by atoms with E-state index < -0.39 is 6.10 Å². The summed E-state index contributed by atoms with van der Waals surface area (Å²) in [5.41, 5.74) is 4.07. The second-order valence-corrected chi connectivity index (χ2v) is 10.7. The number of amides is 1. The molecule has 11 heteroatoms. The maximum absolute atomic E-state index is 12.4. The molecule has 2 aliphatic heterocycles. The van der Waals surface area contributed by atoms with Crippen molar-refractivity contribution in [2.45, 2.75) is 70.7 Å². The number of nitrogens with zero attached hydrogens (tertiary/aromatic N) is 4. The number of rotatable bonds is 9. The first-order chi connectivity index (χ1) is 19.3. The molecule has 1 unspecified atom stereocenters. The average Bonchev–Trinajstić information content (AvgIpc) is 3.42. The molecule has 2 saturated heterocycles. The van der Waals surface area contributed by atoms with E-state index in [0.717, 1.165) is 59.6 Å². The molecule has 2 bridgehead atoms. The van der Waals surface area contributed by atoms with Crippen molar-refractivity contribution in [3.05, 3.63) is 41.3 Å². The van der Waals surface area contributed by atoms with Gasteiger partial charge in [0, 0.05) is 35.8 Å². The molecule has 3 N–H and O–H groups in total. The van der Waals surface area contributed by atoms with Gasteiger partial charge in [-0.25, -0.2) is 14.8 Å². The number of nitrogens with one attached hydrogen (secondary N) is 2. The van der Waals surface area contributed by atoms with Crippen molar-refractivity contribution in [3.8, 4) is 28.4 Å². The Kier molecular flexibility index (Phi) is 8.22. The Hall–Kier alpha value is -3.70. The Morgan fingerprint density at radius 2 is 1.95 bits per heavy atom. The lowest BCUT2D eigenvalue weighted by Crippen LogP contribution is -2.49. The largest absolute Gasteiger partial charge is 0.491 e. The number of benzene rings is 1. The minimum absolute atomic E-state index is 0.152. The van der Waals surface area contributed by atoms with Crippen LogP contribution in [0.5, 0.6) is 5.75 Å². The Bertz CT molecular complexity index is 1330. The van der Waals surface area contributed by atoms with E-state index in [0.29, 0.717) is 23.9 Å². The molecule has 2 aromatic heterocycles.